The Morgan fingerprint density at radius 3 is 2.00 bits per heavy atom. The molecule has 0 aromatic carbocycles. The summed E-state index contributed by atoms with van der Waals surface area (Å²) in [7, 11) is -2.78. The van der Waals surface area contributed by atoms with Gasteiger partial charge in [0.2, 0.25) is 8.41 Å². The van der Waals surface area contributed by atoms with Crippen LogP contribution in [0.5, 0.6) is 0 Å². The van der Waals surface area contributed by atoms with Crippen LogP contribution in [0, 0.1) is 0 Å². The van der Waals surface area contributed by atoms with Gasteiger partial charge in [-0.3, -0.25) is 9.59 Å². The molecule has 0 heterocycles. The fraction of sp³-hybridized carbons (Fsp3) is 0.750. The third kappa shape index (κ3) is 2.23. The first kappa shape index (κ1) is 9.57. The van der Waals surface area contributed by atoms with Gasteiger partial charge in [-0.2, -0.15) is 0 Å². The van der Waals surface area contributed by atoms with Crippen molar-refractivity contribution in [3.05, 3.63) is 0 Å². The highest BCUT2D eigenvalue weighted by Gasteiger charge is 2.38. The molecule has 0 aliphatic heterocycles. The highest BCUT2D eigenvalue weighted by atomic mass is 28.4. The second-order valence-electron chi connectivity index (χ2n) is 3.92. The monoisotopic (exact) mass is 188 g/mol. The first-order chi connectivity index (χ1) is 5.39. The molecule has 0 radical (unpaired) electrons. The molecule has 0 aromatic heterocycles. The molecule has 1 aliphatic carbocycles. The molecule has 0 aromatic rings. The van der Waals surface area contributed by atoms with E-state index in [9.17, 15) is 13.7 Å². The number of carbonyl (C=O) groups excluding carboxylic acids is 2. The van der Waals surface area contributed by atoms with Gasteiger partial charge in [-0.05, 0) is 18.6 Å². The van der Waals surface area contributed by atoms with Crippen LogP contribution >= 0.6 is 0 Å². The van der Waals surface area contributed by atoms with Gasteiger partial charge in [0, 0.05) is 12.8 Å². The second kappa shape index (κ2) is 3.09. The average Bonchev–Trinajstić information content (AvgIpc) is 1.82. The smallest absolute Gasteiger partial charge is 0.244 e. The van der Waals surface area contributed by atoms with Gasteiger partial charge in [-0.1, -0.05) is 0 Å². The Bertz CT molecular complexity index is 204. The lowest BCUT2D eigenvalue weighted by Crippen LogP contribution is -2.34. The van der Waals surface area contributed by atoms with Crippen molar-refractivity contribution >= 4 is 20.0 Å². The number of carbonyl (C=O) groups is 2. The fourth-order valence-electron chi connectivity index (χ4n) is 1.47. The zero-order valence-electron chi connectivity index (χ0n) is 7.39. The topological polar surface area (TPSA) is 34.1 Å². The summed E-state index contributed by atoms with van der Waals surface area (Å²) in [4.78, 5) is 21.9. The Morgan fingerprint density at radius 2 is 1.67 bits per heavy atom. The molecule has 68 valence electrons. The SMILES string of the molecule is C[Si](C)(F)C1CC(=O)CC(=O)C1. The van der Waals surface area contributed by atoms with Crippen LogP contribution in [0.3, 0.4) is 0 Å². The third-order valence-electron chi connectivity index (χ3n) is 2.31. The molecule has 0 amide bonds. The summed E-state index contributed by atoms with van der Waals surface area (Å²) in [5.41, 5.74) is -0.272. The first-order valence-corrected chi connectivity index (χ1v) is 7.07. The maximum Gasteiger partial charge on any atom is 0.244 e. The van der Waals surface area contributed by atoms with Crippen molar-refractivity contribution in [1.29, 1.82) is 0 Å². The van der Waals surface area contributed by atoms with E-state index in [1.165, 1.54) is 0 Å². The lowest BCUT2D eigenvalue weighted by Gasteiger charge is -2.26. The van der Waals surface area contributed by atoms with Crippen LogP contribution in [0.2, 0.25) is 18.6 Å². The minimum absolute atomic E-state index is 0.0287. The molecular formula is C8H13FO2Si. The predicted molar refractivity (Wildman–Crippen MR) is 46.2 cm³/mol. The molecule has 0 saturated heterocycles. The Labute approximate surface area is 72.3 Å². The Hall–Kier alpha value is -0.513. The van der Waals surface area contributed by atoms with Gasteiger partial charge in [0.05, 0.1) is 6.42 Å². The lowest BCUT2D eigenvalue weighted by atomic mass is 9.97. The number of hydrogen-bond acceptors (Lipinski definition) is 2. The van der Waals surface area contributed by atoms with Crippen molar-refractivity contribution in [1.82, 2.24) is 0 Å². The quantitative estimate of drug-likeness (QED) is 0.357. The van der Waals surface area contributed by atoms with Gasteiger partial charge in [0.15, 0.2) is 0 Å². The number of rotatable bonds is 1. The van der Waals surface area contributed by atoms with E-state index in [4.69, 9.17) is 0 Å². The van der Waals surface area contributed by atoms with Crippen LogP contribution in [-0.4, -0.2) is 20.0 Å². The first-order valence-electron chi connectivity index (χ1n) is 4.12. The molecule has 0 N–H and O–H groups in total. The third-order valence-corrected chi connectivity index (χ3v) is 4.66. The molecular weight excluding hydrogens is 175 g/mol. The minimum Gasteiger partial charge on any atom is -0.314 e. The normalized spacial score (nSPS) is 21.6. The summed E-state index contributed by atoms with van der Waals surface area (Å²) in [6, 6.07) is 0. The largest absolute Gasteiger partial charge is 0.314 e. The molecule has 4 heteroatoms. The van der Waals surface area contributed by atoms with E-state index in [-0.39, 0.29) is 36.4 Å². The summed E-state index contributed by atoms with van der Waals surface area (Å²) in [6.45, 7) is 3.12. The van der Waals surface area contributed by atoms with E-state index < -0.39 is 8.41 Å². The second-order valence-corrected chi connectivity index (χ2v) is 7.87. The molecule has 1 rings (SSSR count). The average molecular weight is 188 g/mol. The number of ketones is 2. The van der Waals surface area contributed by atoms with Gasteiger partial charge in [0.25, 0.3) is 0 Å². The van der Waals surface area contributed by atoms with Crippen molar-refractivity contribution in [2.45, 2.75) is 37.9 Å². The van der Waals surface area contributed by atoms with E-state index in [0.717, 1.165) is 0 Å². The summed E-state index contributed by atoms with van der Waals surface area (Å²) in [6.07, 6.45) is 0.587. The van der Waals surface area contributed by atoms with E-state index in [2.05, 4.69) is 0 Å². The number of Topliss-reactive ketones (excluding diaryl/α,β-unsaturated/α-hetero) is 2. The van der Waals surface area contributed by atoms with Crippen molar-refractivity contribution < 1.29 is 13.7 Å². The maximum absolute atomic E-state index is 13.5. The maximum atomic E-state index is 13.5. The van der Waals surface area contributed by atoms with Crippen molar-refractivity contribution in [2.24, 2.45) is 0 Å². The molecule has 1 fully saturated rings. The molecule has 12 heavy (non-hydrogen) atoms. The molecule has 2 nitrogen and oxygen atoms in total. The van der Waals surface area contributed by atoms with E-state index in [1.54, 1.807) is 13.1 Å². The van der Waals surface area contributed by atoms with Crippen LogP contribution in [0.25, 0.3) is 0 Å². The van der Waals surface area contributed by atoms with Crippen molar-refractivity contribution in [3.8, 4) is 0 Å². The zero-order valence-corrected chi connectivity index (χ0v) is 8.39. The van der Waals surface area contributed by atoms with Crippen LogP contribution in [0.4, 0.5) is 4.11 Å². The molecule has 0 spiro atoms. The highest BCUT2D eigenvalue weighted by molar-refractivity contribution is 6.72. The fourth-order valence-corrected chi connectivity index (χ4v) is 2.90. The Balaban J connectivity index is 2.68. The Kier molecular flexibility index (Phi) is 2.46. The van der Waals surface area contributed by atoms with Gasteiger partial charge < -0.3 is 4.11 Å². The predicted octanol–water partition coefficient (Wildman–Crippen LogP) is 1.85. The summed E-state index contributed by atoms with van der Waals surface area (Å²) in [5, 5.41) is 0. The van der Waals surface area contributed by atoms with E-state index >= 15 is 0 Å². The van der Waals surface area contributed by atoms with Crippen LogP contribution in [0.1, 0.15) is 19.3 Å². The van der Waals surface area contributed by atoms with Gasteiger partial charge >= 0.3 is 0 Å². The summed E-state index contributed by atoms with van der Waals surface area (Å²) >= 11 is 0. The highest BCUT2D eigenvalue weighted by Crippen LogP contribution is 2.34. The summed E-state index contributed by atoms with van der Waals surface area (Å²) in [5.74, 6) is -0.177. The molecule has 0 unspecified atom stereocenters. The van der Waals surface area contributed by atoms with Crippen molar-refractivity contribution in [2.75, 3.05) is 0 Å². The molecule has 0 bridgehead atoms. The van der Waals surface area contributed by atoms with Crippen LogP contribution < -0.4 is 0 Å². The van der Waals surface area contributed by atoms with E-state index in [0.29, 0.717) is 0 Å². The Morgan fingerprint density at radius 1 is 1.25 bits per heavy atom. The van der Waals surface area contributed by atoms with Crippen molar-refractivity contribution in [3.63, 3.8) is 0 Å². The molecule has 1 aliphatic rings. The molecule has 1 saturated carbocycles. The van der Waals surface area contributed by atoms with Crippen LogP contribution in [0.15, 0.2) is 0 Å². The van der Waals surface area contributed by atoms with Gasteiger partial charge in [-0.15, -0.1) is 0 Å². The number of hydrogen-bond donors (Lipinski definition) is 0. The standard InChI is InChI=1S/C8H13FO2Si/c1-12(2,9)8-4-6(10)3-7(11)5-8/h8H,3-5H2,1-2H3. The van der Waals surface area contributed by atoms with Gasteiger partial charge in [-0.25, -0.2) is 0 Å². The zero-order chi connectivity index (χ0) is 9.35. The van der Waals surface area contributed by atoms with E-state index in [1.807, 2.05) is 0 Å². The molecule has 0 atom stereocenters. The van der Waals surface area contributed by atoms with Gasteiger partial charge in [0.1, 0.15) is 11.6 Å². The minimum atomic E-state index is -2.78. The van der Waals surface area contributed by atoms with Crippen LogP contribution in [-0.2, 0) is 9.59 Å². The summed E-state index contributed by atoms with van der Waals surface area (Å²) < 4.78 is 13.5. The lowest BCUT2D eigenvalue weighted by molar-refractivity contribution is -0.129. The number of halogens is 1.